The van der Waals surface area contributed by atoms with Gasteiger partial charge in [-0.1, -0.05) is 37.0 Å². The Hall–Kier alpha value is -1.26. The molecule has 1 aliphatic heterocycles. The molecule has 1 aromatic rings. The molecule has 0 unspecified atom stereocenters. The third-order valence-corrected chi connectivity index (χ3v) is 3.79. The van der Waals surface area contributed by atoms with Gasteiger partial charge in [0, 0.05) is 11.6 Å². The van der Waals surface area contributed by atoms with Crippen molar-refractivity contribution in [1.82, 2.24) is 4.90 Å². The molecule has 1 heterocycles. The van der Waals surface area contributed by atoms with Crippen molar-refractivity contribution in [2.75, 3.05) is 13.1 Å². The first-order valence-electron chi connectivity index (χ1n) is 6.55. The first kappa shape index (κ1) is 12.2. The molecule has 0 aliphatic carbocycles. The zero-order valence-corrected chi connectivity index (χ0v) is 10.8. The smallest absolute Gasteiger partial charge is 0.0607 e. The molecule has 1 heteroatoms. The molecule has 1 aromatic carbocycles. The molecule has 1 saturated heterocycles. The molecule has 0 spiro atoms. The van der Waals surface area contributed by atoms with Crippen molar-refractivity contribution in [3.8, 4) is 11.8 Å². The first-order valence-corrected chi connectivity index (χ1v) is 6.55. The summed E-state index contributed by atoms with van der Waals surface area (Å²) >= 11 is 0. The summed E-state index contributed by atoms with van der Waals surface area (Å²) in [5.74, 6) is 7.34. The Morgan fingerprint density at radius 1 is 1.24 bits per heavy atom. The molecule has 1 fully saturated rings. The van der Waals surface area contributed by atoms with Crippen LogP contribution in [0.15, 0.2) is 30.3 Å². The number of nitrogens with zero attached hydrogens (tertiary/aromatic N) is 1. The van der Waals surface area contributed by atoms with Crippen LogP contribution in [0.25, 0.3) is 0 Å². The Morgan fingerprint density at radius 3 is 2.76 bits per heavy atom. The van der Waals surface area contributed by atoms with E-state index in [1.807, 2.05) is 18.2 Å². The molecular weight excluding hydrogens is 206 g/mol. The van der Waals surface area contributed by atoms with Gasteiger partial charge < -0.3 is 0 Å². The Kier molecular flexibility index (Phi) is 4.23. The molecule has 17 heavy (non-hydrogen) atoms. The topological polar surface area (TPSA) is 3.24 Å². The van der Waals surface area contributed by atoms with Crippen molar-refractivity contribution >= 4 is 0 Å². The van der Waals surface area contributed by atoms with Crippen LogP contribution in [0, 0.1) is 17.8 Å². The Morgan fingerprint density at radius 2 is 2.00 bits per heavy atom. The first-order chi connectivity index (χ1) is 8.27. The third-order valence-electron chi connectivity index (χ3n) is 3.79. The van der Waals surface area contributed by atoms with Gasteiger partial charge in [-0.15, -0.1) is 0 Å². The van der Waals surface area contributed by atoms with Gasteiger partial charge in [-0.2, -0.15) is 0 Å². The maximum Gasteiger partial charge on any atom is 0.0607 e. The van der Waals surface area contributed by atoms with Crippen LogP contribution < -0.4 is 0 Å². The van der Waals surface area contributed by atoms with Gasteiger partial charge in [0.05, 0.1) is 6.54 Å². The van der Waals surface area contributed by atoms with E-state index in [1.165, 1.54) is 19.4 Å². The molecule has 0 radical (unpaired) electrons. The Bertz CT molecular complexity index is 399. The van der Waals surface area contributed by atoms with Crippen LogP contribution >= 0.6 is 0 Å². The molecule has 2 rings (SSSR count). The lowest BCUT2D eigenvalue weighted by atomic mass is 9.92. The second-order valence-corrected chi connectivity index (χ2v) is 5.00. The molecule has 1 aliphatic rings. The van der Waals surface area contributed by atoms with Crippen molar-refractivity contribution in [3.63, 3.8) is 0 Å². The predicted molar refractivity (Wildman–Crippen MR) is 72.8 cm³/mol. The number of benzene rings is 1. The standard InChI is InChI=1S/C16H21N/c1-14-8-6-12-17(15(14)2)13-7-11-16-9-4-3-5-10-16/h3-5,9-10,14-15H,6,8,12-13H2,1-2H3/t14-,15+/m1/s1. The van der Waals surface area contributed by atoms with Crippen LogP contribution in [0.5, 0.6) is 0 Å². The van der Waals surface area contributed by atoms with Crippen LogP contribution in [-0.2, 0) is 0 Å². The Labute approximate surface area is 105 Å². The average molecular weight is 227 g/mol. The predicted octanol–water partition coefficient (Wildman–Crippen LogP) is 3.16. The Balaban J connectivity index is 1.92. The molecule has 2 atom stereocenters. The van der Waals surface area contributed by atoms with Gasteiger partial charge in [-0.25, -0.2) is 0 Å². The summed E-state index contributed by atoms with van der Waals surface area (Å²) in [6, 6.07) is 10.9. The zero-order chi connectivity index (χ0) is 12.1. The summed E-state index contributed by atoms with van der Waals surface area (Å²) in [5, 5.41) is 0. The van der Waals surface area contributed by atoms with E-state index in [2.05, 4.69) is 42.7 Å². The van der Waals surface area contributed by atoms with Gasteiger partial charge in [0.25, 0.3) is 0 Å². The average Bonchev–Trinajstić information content (AvgIpc) is 2.36. The van der Waals surface area contributed by atoms with E-state index in [4.69, 9.17) is 0 Å². The van der Waals surface area contributed by atoms with E-state index in [0.717, 1.165) is 18.0 Å². The number of hydrogen-bond donors (Lipinski definition) is 0. The van der Waals surface area contributed by atoms with Crippen LogP contribution in [0.2, 0.25) is 0 Å². The summed E-state index contributed by atoms with van der Waals surface area (Å²) in [5.41, 5.74) is 1.12. The molecule has 90 valence electrons. The van der Waals surface area contributed by atoms with Gasteiger partial charge in [-0.3, -0.25) is 4.90 Å². The van der Waals surface area contributed by atoms with Crippen molar-refractivity contribution in [1.29, 1.82) is 0 Å². The number of piperidine rings is 1. The maximum atomic E-state index is 3.30. The highest BCUT2D eigenvalue weighted by atomic mass is 15.2. The van der Waals surface area contributed by atoms with E-state index in [-0.39, 0.29) is 0 Å². The summed E-state index contributed by atoms with van der Waals surface area (Å²) in [4.78, 5) is 2.50. The molecule has 0 bridgehead atoms. The fourth-order valence-electron chi connectivity index (χ4n) is 2.41. The minimum absolute atomic E-state index is 0.675. The largest absolute Gasteiger partial charge is 0.289 e. The second kappa shape index (κ2) is 5.89. The van der Waals surface area contributed by atoms with Crippen LogP contribution in [0.3, 0.4) is 0 Å². The van der Waals surface area contributed by atoms with E-state index < -0.39 is 0 Å². The molecule has 0 saturated carbocycles. The lowest BCUT2D eigenvalue weighted by molar-refractivity contribution is 0.130. The number of rotatable bonds is 1. The van der Waals surface area contributed by atoms with Gasteiger partial charge >= 0.3 is 0 Å². The van der Waals surface area contributed by atoms with Crippen molar-refractivity contribution in [2.45, 2.75) is 32.7 Å². The number of hydrogen-bond acceptors (Lipinski definition) is 1. The molecule has 0 amide bonds. The fourth-order valence-corrected chi connectivity index (χ4v) is 2.41. The number of likely N-dealkylation sites (tertiary alicyclic amines) is 1. The lowest BCUT2D eigenvalue weighted by Crippen LogP contribution is -2.42. The van der Waals surface area contributed by atoms with Gasteiger partial charge in [0.2, 0.25) is 0 Å². The molecule has 1 nitrogen and oxygen atoms in total. The highest BCUT2D eigenvalue weighted by molar-refractivity contribution is 5.33. The van der Waals surface area contributed by atoms with E-state index in [0.29, 0.717) is 6.04 Å². The highest BCUT2D eigenvalue weighted by Gasteiger charge is 2.23. The monoisotopic (exact) mass is 227 g/mol. The minimum atomic E-state index is 0.675. The van der Waals surface area contributed by atoms with E-state index in [9.17, 15) is 0 Å². The van der Waals surface area contributed by atoms with Crippen LogP contribution in [0.1, 0.15) is 32.3 Å². The maximum absolute atomic E-state index is 3.30. The lowest BCUT2D eigenvalue weighted by Gasteiger charge is -2.36. The second-order valence-electron chi connectivity index (χ2n) is 5.00. The summed E-state index contributed by atoms with van der Waals surface area (Å²) < 4.78 is 0. The molecule has 0 aromatic heterocycles. The van der Waals surface area contributed by atoms with Crippen LogP contribution in [-0.4, -0.2) is 24.0 Å². The van der Waals surface area contributed by atoms with Crippen molar-refractivity contribution in [2.24, 2.45) is 5.92 Å². The fraction of sp³-hybridized carbons (Fsp3) is 0.500. The highest BCUT2D eigenvalue weighted by Crippen LogP contribution is 2.21. The third kappa shape index (κ3) is 3.35. The quantitative estimate of drug-likeness (QED) is 0.666. The molecular formula is C16H21N. The SMILES string of the molecule is C[C@@H]1CCCN(CC#Cc2ccccc2)[C@H]1C. The normalized spacial score (nSPS) is 25.1. The summed E-state index contributed by atoms with van der Waals surface area (Å²) in [7, 11) is 0. The summed E-state index contributed by atoms with van der Waals surface area (Å²) in [6.07, 6.45) is 2.68. The zero-order valence-electron chi connectivity index (χ0n) is 10.8. The molecule has 0 N–H and O–H groups in total. The van der Waals surface area contributed by atoms with Gasteiger partial charge in [0.15, 0.2) is 0 Å². The van der Waals surface area contributed by atoms with Crippen molar-refractivity contribution < 1.29 is 0 Å². The van der Waals surface area contributed by atoms with E-state index >= 15 is 0 Å². The van der Waals surface area contributed by atoms with E-state index in [1.54, 1.807) is 0 Å². The summed E-state index contributed by atoms with van der Waals surface area (Å²) in [6.45, 7) is 6.78. The van der Waals surface area contributed by atoms with Gasteiger partial charge in [-0.05, 0) is 44.4 Å². The van der Waals surface area contributed by atoms with Crippen molar-refractivity contribution in [3.05, 3.63) is 35.9 Å². The van der Waals surface area contributed by atoms with Crippen LogP contribution in [0.4, 0.5) is 0 Å². The van der Waals surface area contributed by atoms with Gasteiger partial charge in [0.1, 0.15) is 0 Å². The minimum Gasteiger partial charge on any atom is -0.289 e.